The van der Waals surface area contributed by atoms with E-state index in [4.69, 9.17) is 41.4 Å². The average Bonchev–Trinajstić information content (AvgIpc) is 3.50. The number of phosphoric ester groups is 1. The number of aliphatic hydroxyl groups excluding tert-OH is 5. The Labute approximate surface area is 247 Å². The van der Waals surface area contributed by atoms with Crippen molar-refractivity contribution in [1.29, 1.82) is 0 Å². The molecule has 0 aliphatic carbocycles. The van der Waals surface area contributed by atoms with Crippen LogP contribution in [0.15, 0.2) is 25.2 Å². The third-order valence-electron chi connectivity index (χ3n) is 6.82. The summed E-state index contributed by atoms with van der Waals surface area (Å²) >= 11 is 4.78. The molecule has 2 saturated heterocycles. The van der Waals surface area contributed by atoms with Crippen LogP contribution in [0, 0.1) is 0 Å². The Bertz CT molecular complexity index is 1410. The van der Waals surface area contributed by atoms with E-state index in [1.807, 2.05) is 0 Å². The predicted octanol–water partition coefficient (Wildman–Crippen LogP) is -2.42. The van der Waals surface area contributed by atoms with Crippen molar-refractivity contribution >= 4 is 37.8 Å². The molecule has 2 aliphatic heterocycles. The molecular weight excluding hydrogens is 647 g/mol. The van der Waals surface area contributed by atoms with Crippen molar-refractivity contribution in [2.45, 2.75) is 60.8 Å². The van der Waals surface area contributed by atoms with Gasteiger partial charge in [-0.25, -0.2) is 27.7 Å². The number of ether oxygens (including phenoxy) is 3. The smallest absolute Gasteiger partial charge is 0.393 e. The molecule has 19 nitrogen and oxygen atoms in total. The highest BCUT2D eigenvalue weighted by atomic mass is 32.5. The van der Waals surface area contributed by atoms with Crippen LogP contribution in [-0.4, -0.2) is 130 Å². The SMILES string of the molecule is C=C[C@@]1(OC)[C@H](O)[C@@H](COP(O)(=S)OP(=O)(O)OC2OC([C@@H](F)CO)C(O)C(O)C2O)O[C@H]1c1cnc2c(N)ncnn12. The second kappa shape index (κ2) is 13.0. The molecule has 0 aromatic carbocycles. The standard InChI is InChI=1S/C20H30FN5O14P2S/c1-3-20(35-2)15(31)10(37-16(20)9-4-23-18-17(22)24-7-25-26(9)18)6-36-42(34,43)40-41(32,33)39-19-13(30)11(28)12(29)14(38-19)8(21)5-27/h3-4,7-8,10-16,19,27-31H,1,5-6H2,2H3,(H,32,33)(H,34,43)(H2,22,24,25)/t8-,10+,11?,12?,13?,14?,15+,16-,19?,20+,42?/m0/s1. The second-order valence-corrected chi connectivity index (χ2v) is 13.8. The molecule has 12 atom stereocenters. The van der Waals surface area contributed by atoms with Crippen LogP contribution in [0.3, 0.4) is 0 Å². The third kappa shape index (κ3) is 6.68. The van der Waals surface area contributed by atoms with E-state index < -0.39 is 88.5 Å². The Morgan fingerprint density at radius 1 is 1.26 bits per heavy atom. The van der Waals surface area contributed by atoms with Crippen LogP contribution in [0.5, 0.6) is 0 Å². The quantitative estimate of drug-likeness (QED) is 0.0857. The lowest BCUT2D eigenvalue weighted by Crippen LogP contribution is -2.60. The van der Waals surface area contributed by atoms with E-state index in [-0.39, 0.29) is 17.2 Å². The van der Waals surface area contributed by atoms with Gasteiger partial charge < -0.3 is 59.8 Å². The first-order valence-corrected chi connectivity index (χ1v) is 16.3. The molecule has 2 fully saturated rings. The minimum atomic E-state index is -5.50. The van der Waals surface area contributed by atoms with Crippen molar-refractivity contribution in [2.24, 2.45) is 0 Å². The van der Waals surface area contributed by atoms with E-state index in [1.165, 1.54) is 30.2 Å². The van der Waals surface area contributed by atoms with Crippen molar-refractivity contribution in [3.63, 3.8) is 0 Å². The lowest BCUT2D eigenvalue weighted by atomic mass is 9.89. The van der Waals surface area contributed by atoms with E-state index >= 15 is 0 Å². The number of nitrogens with zero attached hydrogens (tertiary/aromatic N) is 4. The Balaban J connectivity index is 1.46. The number of imidazole rings is 1. The zero-order valence-corrected chi connectivity index (χ0v) is 24.7. The number of hydrogen-bond acceptors (Lipinski definition) is 17. The van der Waals surface area contributed by atoms with Gasteiger partial charge in [0.05, 0.1) is 25.1 Å². The number of aliphatic hydroxyl groups is 5. The van der Waals surface area contributed by atoms with Gasteiger partial charge in [0.25, 0.3) is 0 Å². The molecule has 43 heavy (non-hydrogen) atoms. The lowest BCUT2D eigenvalue weighted by Gasteiger charge is -2.41. The van der Waals surface area contributed by atoms with Crippen LogP contribution in [0.2, 0.25) is 0 Å². The van der Waals surface area contributed by atoms with Crippen LogP contribution in [-0.2, 0) is 43.9 Å². The van der Waals surface area contributed by atoms with Gasteiger partial charge in [-0.2, -0.15) is 5.10 Å². The van der Waals surface area contributed by atoms with E-state index in [0.29, 0.717) is 0 Å². The molecule has 9 N–H and O–H groups in total. The van der Waals surface area contributed by atoms with E-state index in [0.717, 1.165) is 0 Å². The van der Waals surface area contributed by atoms with Crippen molar-refractivity contribution in [3.8, 4) is 0 Å². The molecule has 0 amide bonds. The molecule has 242 valence electrons. The van der Waals surface area contributed by atoms with Gasteiger partial charge in [-0.1, -0.05) is 6.08 Å². The van der Waals surface area contributed by atoms with E-state index in [9.17, 15) is 39.2 Å². The Morgan fingerprint density at radius 3 is 2.58 bits per heavy atom. The number of halogens is 1. The van der Waals surface area contributed by atoms with Crippen LogP contribution < -0.4 is 5.73 Å². The average molecular weight is 677 g/mol. The number of fused-ring (bicyclic) bond motifs is 1. The maximum Gasteiger partial charge on any atom is 0.481 e. The number of aromatic nitrogens is 4. The molecule has 2 aromatic rings. The monoisotopic (exact) mass is 677 g/mol. The summed E-state index contributed by atoms with van der Waals surface area (Å²) < 4.78 is 58.6. The van der Waals surface area contributed by atoms with Gasteiger partial charge in [-0.3, -0.25) is 4.52 Å². The summed E-state index contributed by atoms with van der Waals surface area (Å²) in [4.78, 5) is 28.6. The first-order chi connectivity index (χ1) is 20.1. The largest absolute Gasteiger partial charge is 0.481 e. The van der Waals surface area contributed by atoms with Crippen LogP contribution in [0.4, 0.5) is 10.2 Å². The van der Waals surface area contributed by atoms with E-state index in [2.05, 4.69) is 30.5 Å². The van der Waals surface area contributed by atoms with Crippen molar-refractivity contribution in [1.82, 2.24) is 19.6 Å². The molecule has 0 radical (unpaired) electrons. The number of methoxy groups -OCH3 is 1. The normalized spacial score (nSPS) is 36.7. The number of nitrogen functional groups attached to an aromatic ring is 1. The van der Waals surface area contributed by atoms with Gasteiger partial charge >= 0.3 is 14.5 Å². The summed E-state index contributed by atoms with van der Waals surface area (Å²) in [6, 6.07) is 0. The number of rotatable bonds is 12. The Kier molecular flexibility index (Phi) is 10.4. The minimum Gasteiger partial charge on any atom is -0.393 e. The first kappa shape index (κ1) is 34.3. The van der Waals surface area contributed by atoms with Crippen LogP contribution in [0.25, 0.3) is 5.65 Å². The number of alkyl halides is 1. The highest BCUT2D eigenvalue weighted by molar-refractivity contribution is 8.08. The van der Waals surface area contributed by atoms with Gasteiger partial charge in [0.15, 0.2) is 23.9 Å². The zero-order valence-electron chi connectivity index (χ0n) is 22.1. The summed E-state index contributed by atoms with van der Waals surface area (Å²) in [5.74, 6) is 0.0559. The number of hydrogen-bond donors (Lipinski definition) is 8. The summed E-state index contributed by atoms with van der Waals surface area (Å²) in [6.07, 6.45) is -13.1. The Morgan fingerprint density at radius 2 is 1.95 bits per heavy atom. The van der Waals surface area contributed by atoms with Gasteiger partial charge in [0.2, 0.25) is 0 Å². The molecule has 2 aromatic heterocycles. The molecule has 4 rings (SSSR count). The van der Waals surface area contributed by atoms with E-state index in [1.54, 1.807) is 0 Å². The maximum atomic E-state index is 14.0. The highest BCUT2D eigenvalue weighted by Gasteiger charge is 2.57. The Hall–Kier alpha value is -1.62. The third-order valence-corrected chi connectivity index (χ3v) is 10.3. The van der Waals surface area contributed by atoms with Gasteiger partial charge in [-0.05, 0) is 11.8 Å². The lowest BCUT2D eigenvalue weighted by molar-refractivity contribution is -0.287. The summed E-state index contributed by atoms with van der Waals surface area (Å²) in [7, 11) is -4.24. The number of nitrogens with two attached hydrogens (primary N) is 1. The molecule has 0 spiro atoms. The fourth-order valence-corrected chi connectivity index (χ4v) is 7.74. The van der Waals surface area contributed by atoms with Crippen molar-refractivity contribution in [2.75, 3.05) is 26.1 Å². The van der Waals surface area contributed by atoms with Crippen LogP contribution >= 0.6 is 14.5 Å². The summed E-state index contributed by atoms with van der Waals surface area (Å²) in [6.45, 7) is -2.91. The summed E-state index contributed by atoms with van der Waals surface area (Å²) in [5, 5.41) is 54.1. The van der Waals surface area contributed by atoms with Crippen molar-refractivity contribution < 1.29 is 71.8 Å². The highest BCUT2D eigenvalue weighted by Crippen LogP contribution is 2.62. The zero-order chi connectivity index (χ0) is 31.9. The molecule has 0 bridgehead atoms. The molecule has 4 heterocycles. The molecule has 23 heteroatoms. The topological polar surface area (TPSA) is 283 Å². The van der Waals surface area contributed by atoms with Gasteiger partial charge in [0, 0.05) is 7.11 Å². The maximum absolute atomic E-state index is 14.0. The van der Waals surface area contributed by atoms with Gasteiger partial charge in [0.1, 0.15) is 54.7 Å². The first-order valence-electron chi connectivity index (χ1n) is 12.2. The molecule has 2 aliphatic rings. The summed E-state index contributed by atoms with van der Waals surface area (Å²) in [5.41, 5.74) is 4.65. The van der Waals surface area contributed by atoms with Crippen molar-refractivity contribution in [3.05, 3.63) is 30.9 Å². The number of phosphoric acid groups is 1. The molecule has 7 unspecified atom stereocenters. The molecular formula is C20H30FN5O14P2S. The van der Waals surface area contributed by atoms with Crippen LogP contribution in [0.1, 0.15) is 11.8 Å². The fourth-order valence-electron chi connectivity index (χ4n) is 4.64. The van der Waals surface area contributed by atoms with Gasteiger partial charge in [-0.15, -0.1) is 6.58 Å². The fraction of sp³-hybridized carbons (Fsp3) is 0.650. The predicted molar refractivity (Wildman–Crippen MR) is 142 cm³/mol. The number of anilines is 1. The molecule has 0 saturated carbocycles. The second-order valence-electron chi connectivity index (χ2n) is 9.38. The minimum absolute atomic E-state index is 0.0559.